The molecular formula is C11H8ClFN4O3. The lowest BCUT2D eigenvalue weighted by Gasteiger charge is -2.06. The third kappa shape index (κ3) is 2.59. The number of carbonyl (C=O) groups is 1. The number of aryl methyl sites for hydroxylation is 1. The van der Waals surface area contributed by atoms with Crippen LogP contribution in [0.3, 0.4) is 0 Å². The van der Waals surface area contributed by atoms with Gasteiger partial charge in [0.25, 0.3) is 5.91 Å². The van der Waals surface area contributed by atoms with Gasteiger partial charge in [0, 0.05) is 12.1 Å². The quantitative estimate of drug-likeness (QED) is 0.695. The van der Waals surface area contributed by atoms with E-state index in [-0.39, 0.29) is 16.4 Å². The maximum Gasteiger partial charge on any atom is 0.320 e. The smallest absolute Gasteiger partial charge is 0.318 e. The predicted molar refractivity (Wildman–Crippen MR) is 69.2 cm³/mol. The van der Waals surface area contributed by atoms with Crippen LogP contribution in [0.25, 0.3) is 0 Å². The van der Waals surface area contributed by atoms with Crippen LogP contribution in [0.2, 0.25) is 5.02 Å². The molecule has 1 amide bonds. The van der Waals surface area contributed by atoms with Crippen molar-refractivity contribution in [1.82, 2.24) is 9.78 Å². The minimum absolute atomic E-state index is 0.130. The number of nitrogens with zero attached hydrogens (tertiary/aromatic N) is 3. The molecule has 104 valence electrons. The van der Waals surface area contributed by atoms with Crippen molar-refractivity contribution >= 4 is 28.9 Å². The van der Waals surface area contributed by atoms with Gasteiger partial charge in [-0.3, -0.25) is 19.6 Å². The standard InChI is InChI=1S/C11H8ClFN4O3/c1-16-10(9(5-14-16)17(19)20)11(18)15-8-3-2-6(12)4-7(8)13/h2-5H,1H3,(H,15,18). The number of anilines is 1. The van der Waals surface area contributed by atoms with Crippen LogP contribution in [-0.4, -0.2) is 20.6 Å². The average molecular weight is 299 g/mol. The first-order valence-corrected chi connectivity index (χ1v) is 5.70. The number of halogens is 2. The van der Waals surface area contributed by atoms with Gasteiger partial charge in [0.1, 0.15) is 12.0 Å². The molecule has 1 aromatic carbocycles. The summed E-state index contributed by atoms with van der Waals surface area (Å²) in [5.74, 6) is -1.58. The number of amides is 1. The van der Waals surface area contributed by atoms with Crippen LogP contribution in [0, 0.1) is 15.9 Å². The Balaban J connectivity index is 2.33. The Bertz CT molecular complexity index is 701. The highest BCUT2D eigenvalue weighted by Crippen LogP contribution is 2.22. The Morgan fingerprint density at radius 1 is 1.55 bits per heavy atom. The lowest BCUT2D eigenvalue weighted by Crippen LogP contribution is -2.18. The minimum atomic E-state index is -0.835. The van der Waals surface area contributed by atoms with Crippen molar-refractivity contribution in [3.05, 3.63) is 51.0 Å². The van der Waals surface area contributed by atoms with Gasteiger partial charge in [-0.05, 0) is 18.2 Å². The van der Waals surface area contributed by atoms with Gasteiger partial charge in [-0.15, -0.1) is 0 Å². The van der Waals surface area contributed by atoms with E-state index in [0.29, 0.717) is 0 Å². The van der Waals surface area contributed by atoms with E-state index in [4.69, 9.17) is 11.6 Å². The van der Waals surface area contributed by atoms with Crippen molar-refractivity contribution in [2.75, 3.05) is 5.32 Å². The molecule has 1 aromatic heterocycles. The van der Waals surface area contributed by atoms with Gasteiger partial charge in [-0.1, -0.05) is 11.6 Å². The van der Waals surface area contributed by atoms with Crippen LogP contribution in [-0.2, 0) is 7.05 Å². The van der Waals surface area contributed by atoms with Crippen molar-refractivity contribution < 1.29 is 14.1 Å². The number of nitro groups is 1. The second-order valence-corrected chi connectivity index (χ2v) is 4.27. The topological polar surface area (TPSA) is 90.1 Å². The van der Waals surface area contributed by atoms with E-state index in [9.17, 15) is 19.3 Å². The fraction of sp³-hybridized carbons (Fsp3) is 0.0909. The van der Waals surface area contributed by atoms with Crippen molar-refractivity contribution in [2.45, 2.75) is 0 Å². The first-order valence-electron chi connectivity index (χ1n) is 5.33. The Labute approximate surface area is 117 Å². The molecule has 20 heavy (non-hydrogen) atoms. The fourth-order valence-electron chi connectivity index (χ4n) is 1.60. The minimum Gasteiger partial charge on any atom is -0.318 e. The number of hydrogen-bond acceptors (Lipinski definition) is 4. The molecule has 0 spiro atoms. The van der Waals surface area contributed by atoms with Crippen LogP contribution < -0.4 is 5.32 Å². The van der Waals surface area contributed by atoms with Gasteiger partial charge in [0.15, 0.2) is 0 Å². The number of rotatable bonds is 3. The largest absolute Gasteiger partial charge is 0.320 e. The fourth-order valence-corrected chi connectivity index (χ4v) is 1.75. The molecule has 0 aliphatic rings. The van der Waals surface area contributed by atoms with E-state index in [1.54, 1.807) is 0 Å². The second-order valence-electron chi connectivity index (χ2n) is 3.84. The molecule has 2 aromatic rings. The van der Waals surface area contributed by atoms with Crippen molar-refractivity contribution in [2.24, 2.45) is 7.05 Å². The maximum absolute atomic E-state index is 13.6. The SMILES string of the molecule is Cn1ncc([N+](=O)[O-])c1C(=O)Nc1ccc(Cl)cc1F. The van der Waals surface area contributed by atoms with Crippen molar-refractivity contribution in [3.8, 4) is 0 Å². The lowest BCUT2D eigenvalue weighted by atomic mass is 10.2. The molecule has 2 rings (SSSR count). The molecule has 0 radical (unpaired) electrons. The zero-order valence-electron chi connectivity index (χ0n) is 10.1. The van der Waals surface area contributed by atoms with Gasteiger partial charge in [0.2, 0.25) is 5.69 Å². The highest BCUT2D eigenvalue weighted by Gasteiger charge is 2.26. The summed E-state index contributed by atoms with van der Waals surface area (Å²) >= 11 is 5.59. The van der Waals surface area contributed by atoms with E-state index < -0.39 is 22.3 Å². The Morgan fingerprint density at radius 2 is 2.25 bits per heavy atom. The number of nitrogens with one attached hydrogen (secondary N) is 1. The molecular weight excluding hydrogens is 291 g/mol. The predicted octanol–water partition coefficient (Wildman–Crippen LogP) is 2.37. The molecule has 0 aliphatic heterocycles. The zero-order chi connectivity index (χ0) is 14.9. The van der Waals surface area contributed by atoms with Crippen LogP contribution in [0.5, 0.6) is 0 Å². The Morgan fingerprint density at radius 3 is 2.85 bits per heavy atom. The van der Waals surface area contributed by atoms with Crippen LogP contribution in [0.15, 0.2) is 24.4 Å². The van der Waals surface area contributed by atoms with Gasteiger partial charge < -0.3 is 5.32 Å². The number of hydrogen-bond donors (Lipinski definition) is 1. The summed E-state index contributed by atoms with van der Waals surface area (Å²) in [6, 6.07) is 3.67. The Kier molecular flexibility index (Phi) is 3.66. The van der Waals surface area contributed by atoms with E-state index in [1.807, 2.05) is 0 Å². The van der Waals surface area contributed by atoms with Gasteiger partial charge in [-0.2, -0.15) is 5.10 Å². The van der Waals surface area contributed by atoms with Crippen molar-refractivity contribution in [1.29, 1.82) is 0 Å². The summed E-state index contributed by atoms with van der Waals surface area (Å²) in [6.45, 7) is 0. The van der Waals surface area contributed by atoms with E-state index in [1.165, 1.54) is 19.2 Å². The number of benzene rings is 1. The molecule has 0 fully saturated rings. The second kappa shape index (κ2) is 5.25. The van der Waals surface area contributed by atoms with Crippen LogP contribution in [0.1, 0.15) is 10.5 Å². The first-order chi connectivity index (χ1) is 9.40. The molecule has 1 N–H and O–H groups in total. The van der Waals surface area contributed by atoms with Crippen LogP contribution in [0.4, 0.5) is 15.8 Å². The van der Waals surface area contributed by atoms with E-state index in [2.05, 4.69) is 10.4 Å². The van der Waals surface area contributed by atoms with Crippen LogP contribution >= 0.6 is 11.6 Å². The summed E-state index contributed by atoms with van der Waals surface area (Å²) in [7, 11) is 1.38. The molecule has 1 heterocycles. The van der Waals surface area contributed by atoms with Gasteiger partial charge >= 0.3 is 5.69 Å². The maximum atomic E-state index is 13.6. The molecule has 9 heteroatoms. The van der Waals surface area contributed by atoms with E-state index in [0.717, 1.165) is 16.9 Å². The van der Waals surface area contributed by atoms with Gasteiger partial charge in [-0.25, -0.2) is 4.39 Å². The molecule has 0 atom stereocenters. The number of aromatic nitrogens is 2. The zero-order valence-corrected chi connectivity index (χ0v) is 10.9. The molecule has 7 nitrogen and oxygen atoms in total. The number of carbonyl (C=O) groups excluding carboxylic acids is 1. The Hall–Kier alpha value is -2.48. The monoisotopic (exact) mass is 298 g/mol. The first kappa shape index (κ1) is 13.9. The summed E-state index contributed by atoms with van der Waals surface area (Å²) in [5, 5.41) is 16.8. The van der Waals surface area contributed by atoms with E-state index >= 15 is 0 Å². The average Bonchev–Trinajstić information content (AvgIpc) is 2.75. The molecule has 0 saturated carbocycles. The lowest BCUT2D eigenvalue weighted by molar-refractivity contribution is -0.385. The summed E-state index contributed by atoms with van der Waals surface area (Å²) in [4.78, 5) is 22.0. The molecule has 0 unspecified atom stereocenters. The molecule has 0 bridgehead atoms. The normalized spacial score (nSPS) is 10.3. The van der Waals surface area contributed by atoms with Crippen molar-refractivity contribution in [3.63, 3.8) is 0 Å². The summed E-state index contributed by atoms with van der Waals surface area (Å²) in [5.41, 5.74) is -0.862. The third-order valence-electron chi connectivity index (χ3n) is 2.51. The summed E-state index contributed by atoms with van der Waals surface area (Å²) in [6.07, 6.45) is 0.952. The third-order valence-corrected chi connectivity index (χ3v) is 2.75. The molecule has 0 aliphatic carbocycles. The highest BCUT2D eigenvalue weighted by atomic mass is 35.5. The molecule has 0 saturated heterocycles. The highest BCUT2D eigenvalue weighted by molar-refractivity contribution is 6.30. The van der Waals surface area contributed by atoms with Gasteiger partial charge in [0.05, 0.1) is 10.6 Å². The summed E-state index contributed by atoms with van der Waals surface area (Å²) < 4.78 is 14.6.